The SMILES string of the molecule is Cc1ccc(C(=O)O)c(N2CCC3NC(=O)CCC3C2)c1. The Kier molecular flexibility index (Phi) is 3.57. The van der Waals surface area contributed by atoms with Gasteiger partial charge < -0.3 is 15.3 Å². The molecule has 2 atom stereocenters. The zero-order chi connectivity index (χ0) is 15.0. The van der Waals surface area contributed by atoms with Crippen molar-refractivity contribution < 1.29 is 14.7 Å². The van der Waals surface area contributed by atoms with E-state index in [1.807, 2.05) is 19.1 Å². The first-order valence-corrected chi connectivity index (χ1v) is 7.43. The lowest BCUT2D eigenvalue weighted by Gasteiger charge is -2.42. The number of anilines is 1. The molecule has 1 amide bonds. The second kappa shape index (κ2) is 5.39. The molecule has 0 aromatic heterocycles. The zero-order valence-electron chi connectivity index (χ0n) is 12.1. The van der Waals surface area contributed by atoms with E-state index in [4.69, 9.17) is 0 Å². The van der Waals surface area contributed by atoms with Crippen molar-refractivity contribution in [2.24, 2.45) is 5.92 Å². The number of aromatic carboxylic acids is 1. The normalized spacial score (nSPS) is 25.2. The Bertz CT molecular complexity index is 585. The van der Waals surface area contributed by atoms with Crippen molar-refractivity contribution in [3.05, 3.63) is 29.3 Å². The molecule has 2 aliphatic rings. The van der Waals surface area contributed by atoms with Crippen LogP contribution in [0.1, 0.15) is 35.2 Å². The Morgan fingerprint density at radius 2 is 2.19 bits per heavy atom. The molecule has 1 aromatic rings. The molecule has 1 aromatic carbocycles. The number of nitrogens with one attached hydrogen (secondary N) is 1. The van der Waals surface area contributed by atoms with Crippen molar-refractivity contribution in [2.45, 2.75) is 32.2 Å². The van der Waals surface area contributed by atoms with Crippen LogP contribution in [0.3, 0.4) is 0 Å². The summed E-state index contributed by atoms with van der Waals surface area (Å²) in [5.41, 5.74) is 2.23. The van der Waals surface area contributed by atoms with Gasteiger partial charge >= 0.3 is 5.97 Å². The van der Waals surface area contributed by atoms with Gasteiger partial charge in [-0.3, -0.25) is 4.79 Å². The molecular formula is C16H20N2O3. The molecule has 0 spiro atoms. The molecule has 5 nitrogen and oxygen atoms in total. The Balaban J connectivity index is 1.84. The van der Waals surface area contributed by atoms with Crippen molar-refractivity contribution in [3.8, 4) is 0 Å². The molecule has 2 unspecified atom stereocenters. The first kappa shape index (κ1) is 13.9. The lowest BCUT2D eigenvalue weighted by atomic mass is 9.84. The van der Waals surface area contributed by atoms with Gasteiger partial charge in [0.2, 0.25) is 5.91 Å². The second-order valence-electron chi connectivity index (χ2n) is 6.03. The van der Waals surface area contributed by atoms with Crippen LogP contribution in [0, 0.1) is 12.8 Å². The van der Waals surface area contributed by atoms with Crippen LogP contribution in [0.25, 0.3) is 0 Å². The zero-order valence-corrected chi connectivity index (χ0v) is 12.1. The number of hydrogen-bond acceptors (Lipinski definition) is 3. The van der Waals surface area contributed by atoms with Gasteiger partial charge in [-0.2, -0.15) is 0 Å². The summed E-state index contributed by atoms with van der Waals surface area (Å²) >= 11 is 0. The molecule has 5 heteroatoms. The van der Waals surface area contributed by atoms with E-state index in [1.54, 1.807) is 6.07 Å². The highest BCUT2D eigenvalue weighted by atomic mass is 16.4. The van der Waals surface area contributed by atoms with E-state index < -0.39 is 5.97 Å². The third kappa shape index (κ3) is 2.73. The van der Waals surface area contributed by atoms with Crippen molar-refractivity contribution in [1.29, 1.82) is 0 Å². The van der Waals surface area contributed by atoms with Crippen molar-refractivity contribution in [3.63, 3.8) is 0 Å². The number of amides is 1. The fourth-order valence-electron chi connectivity index (χ4n) is 3.41. The molecule has 2 heterocycles. The third-order valence-corrected chi connectivity index (χ3v) is 4.55. The smallest absolute Gasteiger partial charge is 0.337 e. The van der Waals surface area contributed by atoms with Crippen LogP contribution in [0.4, 0.5) is 5.69 Å². The maximum atomic E-state index is 11.5. The maximum absolute atomic E-state index is 11.5. The van der Waals surface area contributed by atoms with Gasteiger partial charge in [-0.05, 0) is 43.4 Å². The van der Waals surface area contributed by atoms with E-state index in [0.717, 1.165) is 37.2 Å². The third-order valence-electron chi connectivity index (χ3n) is 4.55. The number of benzene rings is 1. The summed E-state index contributed by atoms with van der Waals surface area (Å²) in [7, 11) is 0. The number of carboxylic acid groups (broad SMARTS) is 1. The Labute approximate surface area is 123 Å². The number of nitrogens with zero attached hydrogens (tertiary/aromatic N) is 1. The van der Waals surface area contributed by atoms with E-state index in [0.29, 0.717) is 17.9 Å². The molecular weight excluding hydrogens is 268 g/mol. The lowest BCUT2D eigenvalue weighted by Crippen LogP contribution is -2.54. The van der Waals surface area contributed by atoms with E-state index >= 15 is 0 Å². The lowest BCUT2D eigenvalue weighted by molar-refractivity contribution is -0.124. The van der Waals surface area contributed by atoms with Gasteiger partial charge in [-0.15, -0.1) is 0 Å². The molecule has 2 saturated heterocycles. The summed E-state index contributed by atoms with van der Waals surface area (Å²) in [6, 6.07) is 5.72. The number of piperidine rings is 2. The van der Waals surface area contributed by atoms with Crippen LogP contribution < -0.4 is 10.2 Å². The van der Waals surface area contributed by atoms with Crippen molar-refractivity contribution in [1.82, 2.24) is 5.32 Å². The number of fused-ring (bicyclic) bond motifs is 1. The van der Waals surface area contributed by atoms with Gasteiger partial charge in [0.05, 0.1) is 11.3 Å². The topological polar surface area (TPSA) is 69.6 Å². The van der Waals surface area contributed by atoms with Gasteiger partial charge in [-0.1, -0.05) is 6.07 Å². The molecule has 0 aliphatic carbocycles. The van der Waals surface area contributed by atoms with Crippen LogP contribution in [0.2, 0.25) is 0 Å². The number of rotatable bonds is 2. The number of hydrogen-bond donors (Lipinski definition) is 2. The van der Waals surface area contributed by atoms with Gasteiger partial charge in [0.25, 0.3) is 0 Å². The standard InChI is InChI=1S/C16H20N2O3/c1-10-2-4-12(16(20)21)14(8-10)18-7-6-13-11(9-18)3-5-15(19)17-13/h2,4,8,11,13H,3,5-7,9H2,1H3,(H,17,19)(H,20,21). The van der Waals surface area contributed by atoms with E-state index in [2.05, 4.69) is 10.2 Å². The summed E-state index contributed by atoms with van der Waals surface area (Å²) in [4.78, 5) is 25.0. The first-order chi connectivity index (χ1) is 10.0. The van der Waals surface area contributed by atoms with Crippen LogP contribution in [0.5, 0.6) is 0 Å². The van der Waals surface area contributed by atoms with Gasteiger partial charge in [0.1, 0.15) is 0 Å². The van der Waals surface area contributed by atoms with Crippen LogP contribution >= 0.6 is 0 Å². The summed E-state index contributed by atoms with van der Waals surface area (Å²) in [5, 5.41) is 12.4. The molecule has 0 radical (unpaired) electrons. The molecule has 21 heavy (non-hydrogen) atoms. The summed E-state index contributed by atoms with van der Waals surface area (Å²) in [6.07, 6.45) is 2.35. The van der Waals surface area contributed by atoms with E-state index in [-0.39, 0.29) is 11.9 Å². The van der Waals surface area contributed by atoms with E-state index in [9.17, 15) is 14.7 Å². The number of carbonyl (C=O) groups excluding carboxylic acids is 1. The predicted molar refractivity (Wildman–Crippen MR) is 79.6 cm³/mol. The molecule has 2 aliphatic heterocycles. The molecule has 2 N–H and O–H groups in total. The van der Waals surface area contributed by atoms with Crippen LogP contribution in [-0.2, 0) is 4.79 Å². The Morgan fingerprint density at radius 1 is 1.38 bits per heavy atom. The summed E-state index contributed by atoms with van der Waals surface area (Å²) in [6.45, 7) is 3.57. The monoisotopic (exact) mass is 288 g/mol. The van der Waals surface area contributed by atoms with Crippen molar-refractivity contribution >= 4 is 17.6 Å². The summed E-state index contributed by atoms with van der Waals surface area (Å²) < 4.78 is 0. The quantitative estimate of drug-likeness (QED) is 0.870. The highest BCUT2D eigenvalue weighted by molar-refractivity contribution is 5.94. The van der Waals surface area contributed by atoms with Gasteiger partial charge in [0.15, 0.2) is 0 Å². The molecule has 112 valence electrons. The predicted octanol–water partition coefficient (Wildman–Crippen LogP) is 1.80. The van der Waals surface area contributed by atoms with Crippen LogP contribution in [-0.4, -0.2) is 36.1 Å². The molecule has 3 rings (SSSR count). The first-order valence-electron chi connectivity index (χ1n) is 7.43. The molecule has 2 fully saturated rings. The summed E-state index contributed by atoms with van der Waals surface area (Å²) in [5.74, 6) is -0.325. The molecule has 0 bridgehead atoms. The van der Waals surface area contributed by atoms with Gasteiger partial charge in [-0.25, -0.2) is 4.79 Å². The highest BCUT2D eigenvalue weighted by Gasteiger charge is 2.34. The van der Waals surface area contributed by atoms with Gasteiger partial charge in [0, 0.05) is 25.6 Å². The number of carboxylic acids is 1. The largest absolute Gasteiger partial charge is 0.478 e. The number of carbonyl (C=O) groups is 2. The minimum absolute atomic E-state index is 0.145. The fraction of sp³-hybridized carbons (Fsp3) is 0.500. The van der Waals surface area contributed by atoms with Crippen LogP contribution in [0.15, 0.2) is 18.2 Å². The van der Waals surface area contributed by atoms with E-state index in [1.165, 1.54) is 0 Å². The maximum Gasteiger partial charge on any atom is 0.337 e. The average molecular weight is 288 g/mol. The Hall–Kier alpha value is -2.04. The minimum atomic E-state index is -0.885. The van der Waals surface area contributed by atoms with Crippen molar-refractivity contribution in [2.75, 3.05) is 18.0 Å². The fourth-order valence-corrected chi connectivity index (χ4v) is 3.41. The average Bonchev–Trinajstić information content (AvgIpc) is 2.46. The second-order valence-corrected chi connectivity index (χ2v) is 6.03. The number of aryl methyl sites for hydroxylation is 1. The highest BCUT2D eigenvalue weighted by Crippen LogP contribution is 2.31. The minimum Gasteiger partial charge on any atom is -0.478 e. The Morgan fingerprint density at radius 3 is 2.95 bits per heavy atom. The molecule has 0 saturated carbocycles.